The van der Waals surface area contributed by atoms with Gasteiger partial charge in [-0.2, -0.15) is 0 Å². The van der Waals surface area contributed by atoms with Gasteiger partial charge in [0.2, 0.25) is 11.8 Å². The number of nitrogens with zero attached hydrogens (tertiary/aromatic N) is 2. The minimum absolute atomic E-state index is 0.123. The number of hydrogen-bond donors (Lipinski definition) is 2. The molecular formula is C32H54N4O10. The van der Waals surface area contributed by atoms with Gasteiger partial charge in [0.15, 0.2) is 25.2 Å². The monoisotopic (exact) mass is 654 g/mol. The molecule has 2 aliphatic rings. The molecule has 0 spiro atoms. The van der Waals surface area contributed by atoms with Crippen molar-refractivity contribution in [2.45, 2.75) is 63.9 Å². The second-order valence-electron chi connectivity index (χ2n) is 11.2. The molecular weight excluding hydrogens is 600 g/mol. The van der Waals surface area contributed by atoms with Gasteiger partial charge >= 0.3 is 0 Å². The summed E-state index contributed by atoms with van der Waals surface area (Å²) in [5, 5.41) is 5.64. The molecule has 46 heavy (non-hydrogen) atoms. The lowest BCUT2D eigenvalue weighted by Crippen LogP contribution is -2.37. The molecule has 2 amide bonds. The molecule has 0 unspecified atom stereocenters. The van der Waals surface area contributed by atoms with E-state index in [0.717, 1.165) is 13.1 Å². The molecule has 1 aromatic carbocycles. The molecule has 0 bridgehead atoms. The van der Waals surface area contributed by atoms with Crippen LogP contribution >= 0.6 is 0 Å². The van der Waals surface area contributed by atoms with Crippen LogP contribution in [0.15, 0.2) is 24.3 Å². The third-order valence-corrected chi connectivity index (χ3v) is 7.83. The van der Waals surface area contributed by atoms with Gasteiger partial charge in [0.1, 0.15) is 0 Å². The Labute approximate surface area is 273 Å². The lowest BCUT2D eigenvalue weighted by Gasteiger charge is -2.27. The number of carbonyl (C=O) groups excluding carboxylic acids is 2. The molecule has 0 aliphatic carbocycles. The zero-order valence-electron chi connectivity index (χ0n) is 27.9. The van der Waals surface area contributed by atoms with Gasteiger partial charge in [0.25, 0.3) is 0 Å². The van der Waals surface area contributed by atoms with E-state index in [2.05, 4.69) is 44.7 Å². The summed E-state index contributed by atoms with van der Waals surface area (Å²) >= 11 is 0. The summed E-state index contributed by atoms with van der Waals surface area (Å²) in [6.45, 7) is 6.56. The van der Waals surface area contributed by atoms with Gasteiger partial charge in [-0.3, -0.25) is 19.4 Å². The first-order valence-corrected chi connectivity index (χ1v) is 16.1. The minimum atomic E-state index is -0.604. The zero-order valence-corrected chi connectivity index (χ0v) is 27.9. The van der Waals surface area contributed by atoms with Gasteiger partial charge in [-0.1, -0.05) is 24.3 Å². The highest BCUT2D eigenvalue weighted by Crippen LogP contribution is 2.14. The fourth-order valence-electron chi connectivity index (χ4n) is 5.18. The van der Waals surface area contributed by atoms with E-state index < -0.39 is 12.6 Å². The second-order valence-corrected chi connectivity index (χ2v) is 11.2. The van der Waals surface area contributed by atoms with Crippen molar-refractivity contribution in [3.63, 3.8) is 0 Å². The molecule has 14 heteroatoms. The van der Waals surface area contributed by atoms with Gasteiger partial charge in [0.05, 0.1) is 39.3 Å². The Balaban J connectivity index is 1.61. The summed E-state index contributed by atoms with van der Waals surface area (Å²) in [5.41, 5.74) is 2.33. The Morgan fingerprint density at radius 1 is 0.587 bits per heavy atom. The summed E-state index contributed by atoms with van der Waals surface area (Å²) in [7, 11) is 6.35. The summed E-state index contributed by atoms with van der Waals surface area (Å²) in [4.78, 5) is 29.0. The van der Waals surface area contributed by atoms with E-state index >= 15 is 0 Å². The number of benzene rings is 1. The lowest BCUT2D eigenvalue weighted by atomic mass is 10.1. The summed E-state index contributed by atoms with van der Waals surface area (Å²) in [5.74, 6) is -0.297. The van der Waals surface area contributed by atoms with Crippen LogP contribution in [0.1, 0.15) is 36.8 Å². The predicted molar refractivity (Wildman–Crippen MR) is 168 cm³/mol. The summed E-state index contributed by atoms with van der Waals surface area (Å²) in [6.07, 6.45) is -0.345. The Morgan fingerprint density at radius 2 is 0.957 bits per heavy atom. The maximum Gasteiger partial charge on any atom is 0.225 e. The van der Waals surface area contributed by atoms with Crippen LogP contribution in [0, 0.1) is 0 Å². The predicted octanol–water partition coefficient (Wildman–Crippen LogP) is 1.07. The van der Waals surface area contributed by atoms with Gasteiger partial charge < -0.3 is 48.5 Å². The van der Waals surface area contributed by atoms with E-state index in [9.17, 15) is 9.59 Å². The average Bonchev–Trinajstić information content (AvgIpc) is 3.06. The maximum absolute atomic E-state index is 12.2. The van der Waals surface area contributed by atoms with Crippen LogP contribution in [0.2, 0.25) is 0 Å². The average molecular weight is 655 g/mol. The van der Waals surface area contributed by atoms with Gasteiger partial charge in [-0.15, -0.1) is 0 Å². The van der Waals surface area contributed by atoms with Crippen LogP contribution in [0.4, 0.5) is 0 Å². The Bertz CT molecular complexity index is 911. The molecule has 4 atom stereocenters. The molecule has 0 aromatic heterocycles. The van der Waals surface area contributed by atoms with Crippen molar-refractivity contribution in [1.82, 2.24) is 20.4 Å². The molecule has 2 saturated heterocycles. The molecule has 2 N–H and O–H groups in total. The van der Waals surface area contributed by atoms with Crippen molar-refractivity contribution in [1.29, 1.82) is 0 Å². The first kappa shape index (κ1) is 38.2. The lowest BCUT2D eigenvalue weighted by molar-refractivity contribution is -0.153. The minimum Gasteiger partial charge on any atom is -0.356 e. The van der Waals surface area contributed by atoms with Crippen LogP contribution in [-0.4, -0.2) is 141 Å². The maximum atomic E-state index is 12.2. The highest BCUT2D eigenvalue weighted by atomic mass is 16.7. The normalized spacial score (nSPS) is 26.8. The fourth-order valence-corrected chi connectivity index (χ4v) is 5.18. The molecule has 3 rings (SSSR count). The molecule has 0 saturated carbocycles. The van der Waals surface area contributed by atoms with Crippen LogP contribution in [0.5, 0.6) is 0 Å². The molecule has 2 heterocycles. The first-order chi connectivity index (χ1) is 22.4. The number of carbonyl (C=O) groups is 2. The van der Waals surface area contributed by atoms with Crippen molar-refractivity contribution in [3.8, 4) is 0 Å². The molecule has 2 aliphatic heterocycles. The number of nitrogens with one attached hydrogen (secondary N) is 2. The Morgan fingerprint density at radius 3 is 1.33 bits per heavy atom. The zero-order chi connectivity index (χ0) is 33.0. The van der Waals surface area contributed by atoms with Gasteiger partial charge in [-0.25, -0.2) is 0 Å². The van der Waals surface area contributed by atoms with Gasteiger partial charge in [-0.05, 0) is 11.1 Å². The number of methoxy groups -OCH3 is 4. The van der Waals surface area contributed by atoms with E-state index in [4.69, 9.17) is 37.9 Å². The number of ether oxygens (including phenoxy) is 8. The number of rotatable bonds is 8. The topological polar surface area (TPSA) is 139 Å². The smallest absolute Gasteiger partial charge is 0.225 e. The van der Waals surface area contributed by atoms with Crippen molar-refractivity contribution >= 4 is 11.8 Å². The first-order valence-electron chi connectivity index (χ1n) is 16.1. The Hall–Kier alpha value is -2.24. The number of hydrogen-bond acceptors (Lipinski definition) is 12. The third kappa shape index (κ3) is 15.1. The second kappa shape index (κ2) is 22.4. The molecule has 2 fully saturated rings. The highest BCUT2D eigenvalue weighted by molar-refractivity contribution is 5.76. The van der Waals surface area contributed by atoms with Crippen LogP contribution in [-0.2, 0) is 60.6 Å². The molecule has 14 nitrogen and oxygen atoms in total. The van der Waals surface area contributed by atoms with E-state index in [1.807, 2.05) is 0 Å². The fraction of sp³-hybridized carbons (Fsp3) is 0.750. The van der Waals surface area contributed by atoms with E-state index in [-0.39, 0.29) is 37.2 Å². The SMILES string of the molecule is CO[C@H]1CCN(Cc2ccc(CN3CCO[C@H](OC)CC(=O)NCCO[C@@H](OC)CC3)cc2)CCO[C@H](OC)CC(=O)NCCO1. The molecule has 0 radical (unpaired) electrons. The van der Waals surface area contributed by atoms with Crippen molar-refractivity contribution < 1.29 is 47.5 Å². The standard InChI is InChI=1S/C32H54N4O10/c1-39-29-9-13-35(15-19-45-31(41-3)21-27(37)33-11-17-43-29)23-25-5-7-26(8-6-25)24-36-14-10-30(40-2)44-18-12-34-28(38)22-32(42-4)46-20-16-36/h5-8,29-32H,9-24H2,1-4H3,(H,33,37)(H,34,38)/t29-,30-,31+,32+/m1/s1. The van der Waals surface area contributed by atoms with Crippen LogP contribution < -0.4 is 10.6 Å². The highest BCUT2D eigenvalue weighted by Gasteiger charge is 2.19. The quantitative estimate of drug-likeness (QED) is 0.415. The largest absolute Gasteiger partial charge is 0.356 e. The third-order valence-electron chi connectivity index (χ3n) is 7.83. The molecule has 1 aromatic rings. The summed E-state index contributed by atoms with van der Waals surface area (Å²) in [6, 6.07) is 8.59. The van der Waals surface area contributed by atoms with Crippen molar-refractivity contribution in [2.24, 2.45) is 0 Å². The van der Waals surface area contributed by atoms with Crippen molar-refractivity contribution in [2.75, 3.05) is 94.1 Å². The number of amides is 2. The Kier molecular flexibility index (Phi) is 18.6. The van der Waals surface area contributed by atoms with E-state index in [1.165, 1.54) is 11.1 Å². The van der Waals surface area contributed by atoms with Crippen LogP contribution in [0.3, 0.4) is 0 Å². The van der Waals surface area contributed by atoms with Gasteiger partial charge in [0, 0.05) is 93.6 Å². The molecule has 262 valence electrons. The summed E-state index contributed by atoms with van der Waals surface area (Å²) < 4.78 is 45.2. The van der Waals surface area contributed by atoms with Crippen LogP contribution in [0.25, 0.3) is 0 Å². The van der Waals surface area contributed by atoms with E-state index in [1.54, 1.807) is 28.4 Å². The van der Waals surface area contributed by atoms with E-state index in [0.29, 0.717) is 78.5 Å². The van der Waals surface area contributed by atoms with Crippen molar-refractivity contribution in [3.05, 3.63) is 35.4 Å².